The van der Waals surface area contributed by atoms with Crippen molar-refractivity contribution in [3.05, 3.63) is 0 Å². The molecule has 0 spiro atoms. The molecule has 0 heterocycles. The first kappa shape index (κ1) is 20.1. The number of nitrogens with zero attached hydrogens (tertiary/aromatic N) is 1. The number of fused-ring (bicyclic) bond motifs is 2. The van der Waals surface area contributed by atoms with Gasteiger partial charge in [-0.15, -0.1) is 0 Å². The molecule has 142 valence electrons. The monoisotopic (exact) mass is 361 g/mol. The minimum atomic E-state index is -3.44. The molecule has 6 heteroatoms. The van der Waals surface area contributed by atoms with E-state index in [-0.39, 0.29) is 23.3 Å². The van der Waals surface area contributed by atoms with Crippen molar-refractivity contribution in [1.29, 1.82) is 0 Å². The molecule has 0 saturated heterocycles. The van der Waals surface area contributed by atoms with Crippen LogP contribution in [0.3, 0.4) is 0 Å². The zero-order valence-corrected chi connectivity index (χ0v) is 17.4. The quantitative estimate of drug-likeness (QED) is 0.653. The number of sulfonamides is 1. The van der Waals surface area contributed by atoms with Gasteiger partial charge in [0.25, 0.3) is 0 Å². The van der Waals surface area contributed by atoms with Crippen molar-refractivity contribution in [2.45, 2.75) is 78.7 Å². The number of ether oxygens (including phenoxy) is 2. The van der Waals surface area contributed by atoms with Gasteiger partial charge in [-0.25, -0.2) is 8.42 Å². The summed E-state index contributed by atoms with van der Waals surface area (Å²) in [5.41, 5.74) is -0.652. The highest BCUT2D eigenvalue weighted by atomic mass is 32.2. The van der Waals surface area contributed by atoms with Crippen LogP contribution < -0.4 is 0 Å². The van der Waals surface area contributed by atoms with Crippen molar-refractivity contribution < 1.29 is 17.9 Å². The van der Waals surface area contributed by atoms with Gasteiger partial charge in [-0.05, 0) is 51.9 Å². The predicted octanol–water partition coefficient (Wildman–Crippen LogP) is 3.25. The summed E-state index contributed by atoms with van der Waals surface area (Å²) in [5.74, 6) is -0.299. The van der Waals surface area contributed by atoms with Gasteiger partial charge in [0, 0.05) is 38.1 Å². The number of rotatable bonds is 7. The van der Waals surface area contributed by atoms with Crippen LogP contribution in [0.2, 0.25) is 0 Å². The van der Waals surface area contributed by atoms with Gasteiger partial charge in [0.2, 0.25) is 10.0 Å². The summed E-state index contributed by atoms with van der Waals surface area (Å²) >= 11 is 0. The minimum Gasteiger partial charge on any atom is -0.353 e. The van der Waals surface area contributed by atoms with E-state index in [9.17, 15) is 8.42 Å². The Morgan fingerprint density at radius 3 is 1.96 bits per heavy atom. The summed E-state index contributed by atoms with van der Waals surface area (Å²) in [7, 11) is -0.137. The summed E-state index contributed by atoms with van der Waals surface area (Å²) in [6.45, 7) is 12.1. The van der Waals surface area contributed by atoms with Crippen LogP contribution in [0.25, 0.3) is 0 Å². The standard InChI is InChI=1S/C18H35NO4S/c1-13(2)19(14(3)4)24(20,21)12-17-10-9-15(16(17,5)6)11-18(17,22-7)23-8/h13-15H,9-12H2,1-8H3/t15?,17-/m1/s1. The van der Waals surface area contributed by atoms with E-state index in [1.165, 1.54) is 0 Å². The zero-order valence-electron chi connectivity index (χ0n) is 16.5. The SMILES string of the molecule is COC1(OC)CC2CC[C@@]1(CS(=O)(=O)N(C(C)C)C(C)C)C2(C)C. The predicted molar refractivity (Wildman–Crippen MR) is 96.2 cm³/mol. The molecular formula is C18H35NO4S. The fourth-order valence-electron chi connectivity index (χ4n) is 5.69. The Balaban J connectivity index is 2.51. The van der Waals surface area contributed by atoms with Crippen LogP contribution in [0.4, 0.5) is 0 Å². The Kier molecular flexibility index (Phi) is 5.22. The van der Waals surface area contributed by atoms with Crippen molar-refractivity contribution in [1.82, 2.24) is 4.31 Å². The maximum atomic E-state index is 13.4. The molecule has 2 bridgehead atoms. The molecule has 2 rings (SSSR count). The van der Waals surface area contributed by atoms with E-state index in [0.717, 1.165) is 19.3 Å². The van der Waals surface area contributed by atoms with Gasteiger partial charge >= 0.3 is 0 Å². The molecular weight excluding hydrogens is 326 g/mol. The first-order valence-corrected chi connectivity index (χ1v) is 10.6. The average molecular weight is 362 g/mol. The summed E-state index contributed by atoms with van der Waals surface area (Å²) in [6.07, 6.45) is 2.64. The van der Waals surface area contributed by atoms with E-state index >= 15 is 0 Å². The van der Waals surface area contributed by atoms with Crippen LogP contribution in [0.5, 0.6) is 0 Å². The number of hydrogen-bond donors (Lipinski definition) is 0. The molecule has 0 aliphatic heterocycles. The minimum absolute atomic E-state index is 0.0624. The van der Waals surface area contributed by atoms with Crippen molar-refractivity contribution >= 4 is 10.0 Å². The Hall–Kier alpha value is -0.170. The fraction of sp³-hybridized carbons (Fsp3) is 1.00. The van der Waals surface area contributed by atoms with Crippen LogP contribution in [-0.2, 0) is 19.5 Å². The summed E-state index contributed by atoms with van der Waals surface area (Å²) in [6, 6.07) is -0.125. The summed E-state index contributed by atoms with van der Waals surface area (Å²) < 4.78 is 40.1. The molecule has 2 fully saturated rings. The summed E-state index contributed by atoms with van der Waals surface area (Å²) in [4.78, 5) is 0. The number of methoxy groups -OCH3 is 2. The highest BCUT2D eigenvalue weighted by Gasteiger charge is 2.73. The van der Waals surface area contributed by atoms with Crippen LogP contribution >= 0.6 is 0 Å². The normalized spacial score (nSPS) is 31.5. The second-order valence-corrected chi connectivity index (χ2v) is 10.6. The molecule has 0 radical (unpaired) electrons. The lowest BCUT2D eigenvalue weighted by atomic mass is 9.68. The smallest absolute Gasteiger partial charge is 0.215 e. The molecule has 1 unspecified atom stereocenters. The average Bonchev–Trinajstić information content (AvgIpc) is 2.77. The van der Waals surface area contributed by atoms with E-state index < -0.39 is 21.2 Å². The van der Waals surface area contributed by atoms with Crippen molar-refractivity contribution in [2.24, 2.45) is 16.7 Å². The molecule has 2 aliphatic carbocycles. The largest absolute Gasteiger partial charge is 0.353 e. The maximum Gasteiger partial charge on any atom is 0.215 e. The van der Waals surface area contributed by atoms with Crippen molar-refractivity contribution in [3.63, 3.8) is 0 Å². The lowest BCUT2D eigenvalue weighted by molar-refractivity contribution is -0.274. The van der Waals surface area contributed by atoms with Gasteiger partial charge < -0.3 is 9.47 Å². The second kappa shape index (κ2) is 6.22. The molecule has 5 nitrogen and oxygen atoms in total. The van der Waals surface area contributed by atoms with Crippen molar-refractivity contribution in [2.75, 3.05) is 20.0 Å². The van der Waals surface area contributed by atoms with Gasteiger partial charge in [0.1, 0.15) is 0 Å². The first-order valence-electron chi connectivity index (χ1n) is 9.02. The number of hydrogen-bond acceptors (Lipinski definition) is 4. The van der Waals surface area contributed by atoms with Crippen LogP contribution in [0, 0.1) is 16.7 Å². The van der Waals surface area contributed by atoms with E-state index in [2.05, 4.69) is 13.8 Å². The van der Waals surface area contributed by atoms with Gasteiger partial charge in [-0.2, -0.15) is 4.31 Å². The molecule has 2 aliphatic rings. The first-order chi connectivity index (χ1) is 10.9. The maximum absolute atomic E-state index is 13.4. The van der Waals surface area contributed by atoms with Gasteiger partial charge in [-0.3, -0.25) is 0 Å². The van der Waals surface area contributed by atoms with E-state index in [1.54, 1.807) is 18.5 Å². The molecule has 0 aromatic carbocycles. The Labute approximate surface area is 148 Å². The van der Waals surface area contributed by atoms with Crippen LogP contribution in [0.1, 0.15) is 60.8 Å². The van der Waals surface area contributed by atoms with Crippen LogP contribution in [-0.4, -0.2) is 50.6 Å². The molecule has 0 amide bonds. The molecule has 0 N–H and O–H groups in total. The molecule has 2 atom stereocenters. The molecule has 24 heavy (non-hydrogen) atoms. The van der Waals surface area contributed by atoms with Gasteiger partial charge in [0.15, 0.2) is 5.79 Å². The zero-order chi connectivity index (χ0) is 18.6. The van der Waals surface area contributed by atoms with Crippen LogP contribution in [0.15, 0.2) is 0 Å². The summed E-state index contributed by atoms with van der Waals surface area (Å²) in [5, 5.41) is 0. The molecule has 0 aromatic heterocycles. The van der Waals surface area contributed by atoms with Crippen molar-refractivity contribution in [3.8, 4) is 0 Å². The highest BCUT2D eigenvalue weighted by Crippen LogP contribution is 2.71. The van der Waals surface area contributed by atoms with E-state index in [0.29, 0.717) is 5.92 Å². The fourth-order valence-corrected chi connectivity index (χ4v) is 8.48. The highest BCUT2D eigenvalue weighted by molar-refractivity contribution is 7.89. The van der Waals surface area contributed by atoms with E-state index in [1.807, 2.05) is 27.7 Å². The second-order valence-electron chi connectivity index (χ2n) is 8.68. The molecule has 2 saturated carbocycles. The lowest BCUT2D eigenvalue weighted by Crippen LogP contribution is -2.58. The third-order valence-electron chi connectivity index (χ3n) is 6.85. The third-order valence-corrected chi connectivity index (χ3v) is 9.19. The Bertz CT molecular complexity index is 558. The topological polar surface area (TPSA) is 55.8 Å². The van der Waals surface area contributed by atoms with E-state index in [4.69, 9.17) is 9.47 Å². The van der Waals surface area contributed by atoms with Gasteiger partial charge in [0.05, 0.1) is 5.75 Å². The third kappa shape index (κ3) is 2.56. The molecule has 0 aromatic rings. The Morgan fingerprint density at radius 2 is 1.58 bits per heavy atom. The van der Waals surface area contributed by atoms with Gasteiger partial charge in [-0.1, -0.05) is 13.8 Å². The Morgan fingerprint density at radius 1 is 1.08 bits per heavy atom. The lowest BCUT2D eigenvalue weighted by Gasteiger charge is -2.49.